The highest BCUT2D eigenvalue weighted by Crippen LogP contribution is 2.25. The zero-order chi connectivity index (χ0) is 23.0. The Balaban J connectivity index is 1.42. The molecule has 9 heteroatoms. The molecule has 2 aromatic heterocycles. The number of rotatable bonds is 8. The Kier molecular flexibility index (Phi) is 6.56. The Morgan fingerprint density at radius 2 is 1.97 bits per heavy atom. The molecule has 0 bridgehead atoms. The smallest absolute Gasteiger partial charge is 0.252 e. The van der Waals surface area contributed by atoms with Gasteiger partial charge in [-0.2, -0.15) is 10.4 Å². The van der Waals surface area contributed by atoms with Crippen molar-refractivity contribution >= 4 is 11.6 Å². The van der Waals surface area contributed by atoms with Crippen molar-refractivity contribution in [1.82, 2.24) is 25.5 Å². The summed E-state index contributed by atoms with van der Waals surface area (Å²) in [4.78, 5) is 21.3. The van der Waals surface area contributed by atoms with Crippen LogP contribution in [0, 0.1) is 11.3 Å². The van der Waals surface area contributed by atoms with Crippen LogP contribution in [-0.4, -0.2) is 33.2 Å². The van der Waals surface area contributed by atoms with Gasteiger partial charge in [0.2, 0.25) is 0 Å². The van der Waals surface area contributed by atoms with Crippen LogP contribution in [0.5, 0.6) is 5.75 Å². The van der Waals surface area contributed by atoms with Crippen LogP contribution in [0.25, 0.3) is 11.4 Å². The average molecular weight is 439 g/mol. The van der Waals surface area contributed by atoms with Gasteiger partial charge in [-0.3, -0.25) is 14.9 Å². The molecule has 4 aromatic rings. The van der Waals surface area contributed by atoms with Gasteiger partial charge in [-0.1, -0.05) is 24.3 Å². The molecule has 33 heavy (non-hydrogen) atoms. The zero-order valence-electron chi connectivity index (χ0n) is 17.8. The van der Waals surface area contributed by atoms with E-state index in [1.807, 2.05) is 24.3 Å². The van der Waals surface area contributed by atoms with Crippen LogP contribution in [0.3, 0.4) is 0 Å². The molecule has 0 aliphatic heterocycles. The molecule has 4 rings (SSSR count). The number of hydrogen-bond donors (Lipinski definition) is 3. The maximum Gasteiger partial charge on any atom is 0.252 e. The number of aromatic amines is 1. The Labute approximate surface area is 190 Å². The van der Waals surface area contributed by atoms with Crippen molar-refractivity contribution in [3.8, 4) is 23.2 Å². The van der Waals surface area contributed by atoms with Gasteiger partial charge in [0.1, 0.15) is 17.6 Å². The molecule has 1 amide bonds. The number of para-hydroxylation sites is 1. The summed E-state index contributed by atoms with van der Waals surface area (Å²) in [6.45, 7) is 0.394. The molecule has 2 heterocycles. The number of ether oxygens (including phenoxy) is 1. The number of pyridine rings is 1. The monoisotopic (exact) mass is 439 g/mol. The summed E-state index contributed by atoms with van der Waals surface area (Å²) in [6, 6.07) is 19.1. The van der Waals surface area contributed by atoms with Crippen LogP contribution in [0.4, 0.5) is 5.69 Å². The van der Waals surface area contributed by atoms with E-state index in [4.69, 9.17) is 4.74 Å². The van der Waals surface area contributed by atoms with Crippen LogP contribution in [0.2, 0.25) is 0 Å². The summed E-state index contributed by atoms with van der Waals surface area (Å²) in [7, 11) is 1.53. The van der Waals surface area contributed by atoms with Crippen molar-refractivity contribution in [2.24, 2.45) is 0 Å². The molecule has 9 nitrogen and oxygen atoms in total. The molecule has 2 aromatic carbocycles. The van der Waals surface area contributed by atoms with Crippen LogP contribution in [-0.2, 0) is 6.54 Å². The second-order valence-corrected chi connectivity index (χ2v) is 7.05. The van der Waals surface area contributed by atoms with Crippen molar-refractivity contribution in [3.63, 3.8) is 0 Å². The molecule has 0 fully saturated rings. The highest BCUT2D eigenvalue weighted by Gasteiger charge is 2.19. The van der Waals surface area contributed by atoms with E-state index in [0.717, 1.165) is 11.3 Å². The van der Waals surface area contributed by atoms with Gasteiger partial charge in [-0.05, 0) is 36.4 Å². The van der Waals surface area contributed by atoms with Gasteiger partial charge in [0.05, 0.1) is 19.7 Å². The molecule has 3 N–H and O–H groups in total. The number of carbonyl (C=O) groups excluding carboxylic acids is 1. The lowest BCUT2D eigenvalue weighted by Gasteiger charge is -2.15. The summed E-state index contributed by atoms with van der Waals surface area (Å²) in [5.74, 6) is 1.41. The second-order valence-electron chi connectivity index (χ2n) is 7.05. The van der Waals surface area contributed by atoms with Gasteiger partial charge < -0.3 is 15.4 Å². The predicted octanol–water partition coefficient (Wildman–Crippen LogP) is 3.48. The number of aromatic nitrogens is 4. The first kappa shape index (κ1) is 21.5. The quantitative estimate of drug-likeness (QED) is 0.383. The first-order valence-electron chi connectivity index (χ1n) is 10.2. The van der Waals surface area contributed by atoms with E-state index in [9.17, 15) is 10.1 Å². The van der Waals surface area contributed by atoms with Crippen molar-refractivity contribution in [2.75, 3.05) is 12.4 Å². The van der Waals surface area contributed by atoms with Crippen molar-refractivity contribution in [3.05, 3.63) is 90.0 Å². The summed E-state index contributed by atoms with van der Waals surface area (Å²) >= 11 is 0. The average Bonchev–Trinajstić information content (AvgIpc) is 3.36. The van der Waals surface area contributed by atoms with Gasteiger partial charge in [-0.25, -0.2) is 4.98 Å². The molecule has 0 unspecified atom stereocenters. The predicted molar refractivity (Wildman–Crippen MR) is 122 cm³/mol. The third kappa shape index (κ3) is 5.14. The summed E-state index contributed by atoms with van der Waals surface area (Å²) < 4.78 is 5.31. The molecule has 0 aliphatic carbocycles. The standard InChI is InChI=1S/C24H21N7O2/c1-33-21-8-3-2-7-19(21)20(14-25)28-24(32)17-5-4-6-18(13-17)27-15-22-29-23(31-30-22)16-9-11-26-12-10-16/h2-13,20,27H,15H2,1H3,(H,28,32)(H,29,30,31)/t20-/m0/s1. The van der Waals surface area contributed by atoms with Crippen LogP contribution >= 0.6 is 0 Å². The van der Waals surface area contributed by atoms with Gasteiger partial charge in [0, 0.05) is 34.8 Å². The topological polar surface area (TPSA) is 129 Å². The molecule has 0 saturated heterocycles. The summed E-state index contributed by atoms with van der Waals surface area (Å²) in [6.07, 6.45) is 3.37. The van der Waals surface area contributed by atoms with E-state index in [-0.39, 0.29) is 5.91 Å². The van der Waals surface area contributed by atoms with Gasteiger partial charge in [0.25, 0.3) is 5.91 Å². The van der Waals surface area contributed by atoms with E-state index >= 15 is 0 Å². The van der Waals surface area contributed by atoms with Crippen molar-refractivity contribution in [2.45, 2.75) is 12.6 Å². The maximum absolute atomic E-state index is 12.8. The number of H-pyrrole nitrogens is 1. The number of nitriles is 1. The van der Waals surface area contributed by atoms with Crippen LogP contribution in [0.1, 0.15) is 27.8 Å². The number of anilines is 1. The van der Waals surface area contributed by atoms with E-state index in [0.29, 0.717) is 35.1 Å². The van der Waals surface area contributed by atoms with Gasteiger partial charge in [-0.15, -0.1) is 0 Å². The van der Waals surface area contributed by atoms with E-state index in [2.05, 4.69) is 36.9 Å². The number of carbonyl (C=O) groups is 1. The lowest BCUT2D eigenvalue weighted by atomic mass is 10.1. The summed E-state index contributed by atoms with van der Waals surface area (Å²) in [5, 5.41) is 22.7. The Morgan fingerprint density at radius 1 is 1.15 bits per heavy atom. The lowest BCUT2D eigenvalue weighted by molar-refractivity contribution is 0.0945. The van der Waals surface area contributed by atoms with E-state index in [1.54, 1.807) is 48.8 Å². The van der Waals surface area contributed by atoms with E-state index < -0.39 is 6.04 Å². The third-order valence-electron chi connectivity index (χ3n) is 4.91. The fraction of sp³-hybridized carbons (Fsp3) is 0.125. The minimum atomic E-state index is -0.842. The largest absolute Gasteiger partial charge is 0.496 e. The van der Waals surface area contributed by atoms with Gasteiger partial charge >= 0.3 is 0 Å². The molecule has 0 radical (unpaired) electrons. The Morgan fingerprint density at radius 3 is 2.76 bits per heavy atom. The number of benzene rings is 2. The second kappa shape index (κ2) is 10.1. The molecule has 0 aliphatic rings. The van der Waals surface area contributed by atoms with E-state index in [1.165, 1.54) is 7.11 Å². The molecule has 0 spiro atoms. The van der Waals surface area contributed by atoms with Crippen molar-refractivity contribution in [1.29, 1.82) is 5.26 Å². The lowest BCUT2D eigenvalue weighted by Crippen LogP contribution is -2.28. The third-order valence-corrected chi connectivity index (χ3v) is 4.91. The summed E-state index contributed by atoms with van der Waals surface area (Å²) in [5.41, 5.74) is 2.62. The minimum absolute atomic E-state index is 0.365. The molecule has 1 atom stereocenters. The number of amides is 1. The number of hydrogen-bond acceptors (Lipinski definition) is 7. The maximum atomic E-state index is 12.8. The first-order chi connectivity index (χ1) is 16.2. The molecular formula is C24H21N7O2. The van der Waals surface area contributed by atoms with Crippen LogP contribution < -0.4 is 15.4 Å². The number of methoxy groups -OCH3 is 1. The number of nitrogens with zero attached hydrogens (tertiary/aromatic N) is 4. The molecule has 164 valence electrons. The highest BCUT2D eigenvalue weighted by atomic mass is 16.5. The fourth-order valence-electron chi connectivity index (χ4n) is 3.26. The molecular weight excluding hydrogens is 418 g/mol. The van der Waals surface area contributed by atoms with Crippen LogP contribution in [0.15, 0.2) is 73.1 Å². The van der Waals surface area contributed by atoms with Crippen molar-refractivity contribution < 1.29 is 9.53 Å². The highest BCUT2D eigenvalue weighted by molar-refractivity contribution is 5.95. The fourth-order valence-corrected chi connectivity index (χ4v) is 3.26. The Bertz CT molecular complexity index is 1280. The van der Waals surface area contributed by atoms with Gasteiger partial charge in [0.15, 0.2) is 5.82 Å². The minimum Gasteiger partial charge on any atom is -0.496 e. The normalized spacial score (nSPS) is 11.3. The number of nitrogens with one attached hydrogen (secondary N) is 3. The SMILES string of the molecule is COc1ccccc1[C@H](C#N)NC(=O)c1cccc(NCc2nc(-c3ccncc3)n[nH]2)c1. The first-order valence-corrected chi connectivity index (χ1v) is 10.2. The Hall–Kier alpha value is -4.71. The zero-order valence-corrected chi connectivity index (χ0v) is 17.8. The molecule has 0 saturated carbocycles.